The Balaban J connectivity index is 2.26. The summed E-state index contributed by atoms with van der Waals surface area (Å²) in [5.41, 5.74) is 2.67. The highest BCUT2D eigenvalue weighted by atomic mass is 32.2. The van der Waals surface area contributed by atoms with Gasteiger partial charge in [0.15, 0.2) is 4.34 Å². The molecular formula is C11H12N2OS2. The lowest BCUT2D eigenvalue weighted by Crippen LogP contribution is -1.96. The highest BCUT2D eigenvalue weighted by molar-refractivity contribution is 8.01. The molecule has 0 aliphatic heterocycles. The fourth-order valence-corrected chi connectivity index (χ4v) is 2.98. The topological polar surface area (TPSA) is 46.0 Å². The Labute approximate surface area is 103 Å². The summed E-state index contributed by atoms with van der Waals surface area (Å²) in [4.78, 5) is 1.05. The SMILES string of the molecule is CCC(O)c1ccccc1Sc1nncs1. The molecule has 1 aromatic carbocycles. The summed E-state index contributed by atoms with van der Waals surface area (Å²) in [6.45, 7) is 1.97. The van der Waals surface area contributed by atoms with Gasteiger partial charge in [0.05, 0.1) is 6.10 Å². The van der Waals surface area contributed by atoms with Crippen molar-refractivity contribution in [2.45, 2.75) is 28.7 Å². The van der Waals surface area contributed by atoms with Crippen LogP contribution in [-0.4, -0.2) is 15.3 Å². The Morgan fingerprint density at radius 2 is 2.25 bits per heavy atom. The van der Waals surface area contributed by atoms with E-state index in [0.717, 1.165) is 14.8 Å². The molecular weight excluding hydrogens is 240 g/mol. The first kappa shape index (κ1) is 11.6. The first-order valence-corrected chi connectivity index (χ1v) is 6.72. The Kier molecular flexibility index (Phi) is 3.93. The van der Waals surface area contributed by atoms with Gasteiger partial charge in [-0.15, -0.1) is 10.2 Å². The molecule has 1 atom stereocenters. The summed E-state index contributed by atoms with van der Waals surface area (Å²) in [5.74, 6) is 0. The molecule has 1 N–H and O–H groups in total. The number of hydrogen-bond donors (Lipinski definition) is 1. The molecule has 0 aliphatic carbocycles. The van der Waals surface area contributed by atoms with Gasteiger partial charge in [-0.3, -0.25) is 0 Å². The Morgan fingerprint density at radius 1 is 1.44 bits per heavy atom. The van der Waals surface area contributed by atoms with Crippen molar-refractivity contribution in [3.05, 3.63) is 35.3 Å². The Hall–Kier alpha value is -0.910. The van der Waals surface area contributed by atoms with Gasteiger partial charge in [-0.1, -0.05) is 48.2 Å². The van der Waals surface area contributed by atoms with E-state index < -0.39 is 6.10 Å². The predicted molar refractivity (Wildman–Crippen MR) is 65.7 cm³/mol. The number of aromatic nitrogens is 2. The third kappa shape index (κ3) is 2.61. The Bertz CT molecular complexity index is 445. The van der Waals surface area contributed by atoms with Gasteiger partial charge in [0.2, 0.25) is 0 Å². The van der Waals surface area contributed by atoms with Crippen LogP contribution in [0.15, 0.2) is 39.0 Å². The van der Waals surface area contributed by atoms with Crippen LogP contribution in [0.1, 0.15) is 25.0 Å². The maximum atomic E-state index is 9.89. The molecule has 0 radical (unpaired) electrons. The van der Waals surface area contributed by atoms with Crippen LogP contribution in [0.4, 0.5) is 0 Å². The molecule has 1 unspecified atom stereocenters. The summed E-state index contributed by atoms with van der Waals surface area (Å²) in [5, 5.41) is 17.7. The molecule has 0 amide bonds. The van der Waals surface area contributed by atoms with Gasteiger partial charge >= 0.3 is 0 Å². The molecule has 0 saturated heterocycles. The van der Waals surface area contributed by atoms with Gasteiger partial charge < -0.3 is 5.11 Å². The van der Waals surface area contributed by atoms with Crippen molar-refractivity contribution in [2.24, 2.45) is 0 Å². The largest absolute Gasteiger partial charge is 0.388 e. The molecule has 3 nitrogen and oxygen atoms in total. The number of benzene rings is 1. The highest BCUT2D eigenvalue weighted by Crippen LogP contribution is 2.34. The van der Waals surface area contributed by atoms with Gasteiger partial charge in [0.1, 0.15) is 5.51 Å². The summed E-state index contributed by atoms with van der Waals surface area (Å²) in [7, 11) is 0. The lowest BCUT2D eigenvalue weighted by atomic mass is 10.1. The molecule has 16 heavy (non-hydrogen) atoms. The minimum atomic E-state index is -0.406. The normalized spacial score (nSPS) is 12.6. The van der Waals surface area contributed by atoms with E-state index in [2.05, 4.69) is 10.2 Å². The van der Waals surface area contributed by atoms with E-state index in [1.54, 1.807) is 17.3 Å². The fourth-order valence-electron chi connectivity index (χ4n) is 1.37. The fraction of sp³-hybridized carbons (Fsp3) is 0.273. The molecule has 0 bridgehead atoms. The number of aliphatic hydroxyl groups is 1. The maximum absolute atomic E-state index is 9.89. The van der Waals surface area contributed by atoms with Crippen molar-refractivity contribution < 1.29 is 5.11 Å². The van der Waals surface area contributed by atoms with Crippen molar-refractivity contribution in [3.63, 3.8) is 0 Å². The lowest BCUT2D eigenvalue weighted by Gasteiger charge is -2.12. The van der Waals surface area contributed by atoms with Crippen LogP contribution < -0.4 is 0 Å². The predicted octanol–water partition coefficient (Wildman–Crippen LogP) is 3.13. The number of hydrogen-bond acceptors (Lipinski definition) is 5. The number of aliphatic hydroxyl groups excluding tert-OH is 1. The molecule has 0 saturated carbocycles. The lowest BCUT2D eigenvalue weighted by molar-refractivity contribution is 0.171. The minimum Gasteiger partial charge on any atom is -0.388 e. The third-order valence-corrected chi connectivity index (χ3v) is 4.07. The van der Waals surface area contributed by atoms with Crippen LogP contribution in [0, 0.1) is 0 Å². The molecule has 1 heterocycles. The van der Waals surface area contributed by atoms with E-state index in [4.69, 9.17) is 0 Å². The van der Waals surface area contributed by atoms with Gasteiger partial charge in [-0.05, 0) is 18.1 Å². The van der Waals surface area contributed by atoms with Crippen LogP contribution in [0.25, 0.3) is 0 Å². The van der Waals surface area contributed by atoms with E-state index in [9.17, 15) is 5.11 Å². The summed E-state index contributed by atoms with van der Waals surface area (Å²) < 4.78 is 0.899. The quantitative estimate of drug-likeness (QED) is 0.908. The van der Waals surface area contributed by atoms with Crippen LogP contribution in [0.3, 0.4) is 0 Å². The minimum absolute atomic E-state index is 0.406. The second-order valence-electron chi connectivity index (χ2n) is 3.27. The second kappa shape index (κ2) is 5.43. The van der Waals surface area contributed by atoms with E-state index in [-0.39, 0.29) is 0 Å². The molecule has 5 heteroatoms. The maximum Gasteiger partial charge on any atom is 0.178 e. The van der Waals surface area contributed by atoms with Gasteiger partial charge in [-0.2, -0.15) is 0 Å². The van der Waals surface area contributed by atoms with Crippen LogP contribution >= 0.6 is 23.1 Å². The Morgan fingerprint density at radius 3 is 2.94 bits per heavy atom. The average molecular weight is 252 g/mol. The molecule has 2 aromatic rings. The average Bonchev–Trinajstić information content (AvgIpc) is 2.82. The standard InChI is InChI=1S/C11H12N2OS2/c1-2-9(14)8-5-3-4-6-10(8)16-11-13-12-7-15-11/h3-7,9,14H,2H2,1H3. The van der Waals surface area contributed by atoms with Gasteiger partial charge in [-0.25, -0.2) is 0 Å². The zero-order valence-electron chi connectivity index (χ0n) is 8.83. The molecule has 2 rings (SSSR count). The third-order valence-electron chi connectivity index (χ3n) is 2.20. The molecule has 1 aromatic heterocycles. The van der Waals surface area contributed by atoms with Crippen molar-refractivity contribution in [1.82, 2.24) is 10.2 Å². The van der Waals surface area contributed by atoms with Crippen molar-refractivity contribution >= 4 is 23.1 Å². The van der Waals surface area contributed by atoms with Crippen LogP contribution in [0.5, 0.6) is 0 Å². The zero-order chi connectivity index (χ0) is 11.4. The first-order valence-electron chi connectivity index (χ1n) is 5.02. The number of rotatable bonds is 4. The van der Waals surface area contributed by atoms with E-state index in [1.165, 1.54) is 11.3 Å². The van der Waals surface area contributed by atoms with Crippen molar-refractivity contribution in [2.75, 3.05) is 0 Å². The van der Waals surface area contributed by atoms with Crippen LogP contribution in [-0.2, 0) is 0 Å². The molecule has 0 spiro atoms. The van der Waals surface area contributed by atoms with Gasteiger partial charge in [0, 0.05) is 4.90 Å². The summed E-state index contributed by atoms with van der Waals surface area (Å²) in [6.07, 6.45) is 0.310. The second-order valence-corrected chi connectivity index (χ2v) is 5.39. The van der Waals surface area contributed by atoms with Crippen LogP contribution in [0.2, 0.25) is 0 Å². The monoisotopic (exact) mass is 252 g/mol. The molecule has 0 fully saturated rings. The zero-order valence-corrected chi connectivity index (χ0v) is 10.5. The molecule has 84 valence electrons. The summed E-state index contributed by atoms with van der Waals surface area (Å²) in [6, 6.07) is 7.87. The smallest absolute Gasteiger partial charge is 0.178 e. The van der Waals surface area contributed by atoms with Crippen molar-refractivity contribution in [1.29, 1.82) is 0 Å². The van der Waals surface area contributed by atoms with Crippen molar-refractivity contribution in [3.8, 4) is 0 Å². The summed E-state index contributed by atoms with van der Waals surface area (Å²) >= 11 is 3.05. The molecule has 0 aliphatic rings. The van der Waals surface area contributed by atoms with Gasteiger partial charge in [0.25, 0.3) is 0 Å². The van der Waals surface area contributed by atoms with E-state index >= 15 is 0 Å². The highest BCUT2D eigenvalue weighted by Gasteiger charge is 2.11. The van der Waals surface area contributed by atoms with E-state index in [0.29, 0.717) is 6.42 Å². The first-order chi connectivity index (χ1) is 7.81. The number of nitrogens with zero attached hydrogens (tertiary/aromatic N) is 2. The van der Waals surface area contributed by atoms with E-state index in [1.807, 2.05) is 31.2 Å².